The summed E-state index contributed by atoms with van der Waals surface area (Å²) < 4.78 is 2.06. The van der Waals surface area contributed by atoms with E-state index in [1.54, 1.807) is 6.20 Å². The summed E-state index contributed by atoms with van der Waals surface area (Å²) in [7, 11) is 0. The molecule has 0 radical (unpaired) electrons. The van der Waals surface area contributed by atoms with Crippen LogP contribution in [0.2, 0.25) is 5.02 Å². The number of hydrogen-bond donors (Lipinski definition) is 0. The van der Waals surface area contributed by atoms with E-state index in [0.717, 1.165) is 21.3 Å². The van der Waals surface area contributed by atoms with Crippen molar-refractivity contribution in [2.45, 2.75) is 33.0 Å². The first-order valence-corrected chi connectivity index (χ1v) is 9.39. The van der Waals surface area contributed by atoms with Crippen molar-refractivity contribution in [1.82, 2.24) is 14.5 Å². The molecule has 0 fully saturated rings. The van der Waals surface area contributed by atoms with Gasteiger partial charge in [-0.2, -0.15) is 0 Å². The number of carbonyl (C=O) groups excluding carboxylic acids is 1. The van der Waals surface area contributed by atoms with Crippen LogP contribution in [0, 0.1) is 0 Å². The highest BCUT2D eigenvalue weighted by atomic mass is 35.5. The molecule has 0 bridgehead atoms. The number of nitrogens with zero attached hydrogens (tertiary/aromatic N) is 3. The van der Waals surface area contributed by atoms with Gasteiger partial charge < -0.3 is 9.47 Å². The van der Waals surface area contributed by atoms with Crippen LogP contribution < -0.4 is 0 Å². The van der Waals surface area contributed by atoms with Gasteiger partial charge in [-0.1, -0.05) is 29.8 Å². The number of thiophene rings is 1. The van der Waals surface area contributed by atoms with Crippen LogP contribution in [0.4, 0.5) is 0 Å². The predicted molar refractivity (Wildman–Crippen MR) is 102 cm³/mol. The second kappa shape index (κ2) is 7.85. The lowest BCUT2D eigenvalue weighted by molar-refractivity contribution is 0.0688. The summed E-state index contributed by atoms with van der Waals surface area (Å²) in [6, 6.07) is 11.6. The Kier molecular flexibility index (Phi) is 5.56. The minimum atomic E-state index is 0.0438. The Labute approximate surface area is 156 Å². The highest BCUT2D eigenvalue weighted by Crippen LogP contribution is 2.18. The Morgan fingerprint density at radius 3 is 2.84 bits per heavy atom. The molecule has 0 saturated carbocycles. The van der Waals surface area contributed by atoms with E-state index in [2.05, 4.69) is 9.55 Å². The molecule has 6 heteroatoms. The molecule has 2 heterocycles. The molecule has 0 aliphatic carbocycles. The van der Waals surface area contributed by atoms with Gasteiger partial charge >= 0.3 is 0 Å². The Morgan fingerprint density at radius 1 is 1.32 bits per heavy atom. The van der Waals surface area contributed by atoms with Crippen LogP contribution in [0.1, 0.15) is 34.9 Å². The third kappa shape index (κ3) is 4.30. The molecule has 0 aliphatic heterocycles. The van der Waals surface area contributed by atoms with Gasteiger partial charge in [-0.05, 0) is 43.0 Å². The van der Waals surface area contributed by atoms with Crippen LogP contribution in [0.25, 0.3) is 0 Å². The van der Waals surface area contributed by atoms with Gasteiger partial charge in [0.05, 0.1) is 11.4 Å². The molecule has 2 aromatic heterocycles. The van der Waals surface area contributed by atoms with Crippen molar-refractivity contribution in [1.29, 1.82) is 0 Å². The summed E-state index contributed by atoms with van der Waals surface area (Å²) in [5, 5.41) is 2.64. The molecule has 4 nitrogen and oxygen atoms in total. The summed E-state index contributed by atoms with van der Waals surface area (Å²) in [5.41, 5.74) is 1.10. The quantitative estimate of drug-likeness (QED) is 0.628. The minimum Gasteiger partial charge on any atom is -0.329 e. The number of aromatic nitrogens is 2. The topological polar surface area (TPSA) is 38.1 Å². The number of halogens is 1. The third-order valence-corrected chi connectivity index (χ3v) is 5.06. The summed E-state index contributed by atoms with van der Waals surface area (Å²) in [6.45, 7) is 5.20. The molecular weight excluding hydrogens is 354 g/mol. The maximum atomic E-state index is 12.8. The van der Waals surface area contributed by atoms with Crippen LogP contribution in [0.15, 0.2) is 54.2 Å². The molecule has 1 aromatic carbocycles. The summed E-state index contributed by atoms with van der Waals surface area (Å²) in [5.74, 6) is 0.904. The average molecular weight is 374 g/mol. The van der Waals surface area contributed by atoms with Crippen molar-refractivity contribution in [3.8, 4) is 0 Å². The predicted octanol–water partition coefficient (Wildman–Crippen LogP) is 4.70. The molecular formula is C19H20ClN3OS. The Balaban J connectivity index is 1.80. The summed E-state index contributed by atoms with van der Waals surface area (Å²) in [6.07, 6.45) is 3.71. The number of benzene rings is 1. The lowest BCUT2D eigenvalue weighted by atomic mass is 10.2. The number of carbonyl (C=O) groups is 1. The minimum absolute atomic E-state index is 0.0438. The second-order valence-electron chi connectivity index (χ2n) is 6.11. The molecule has 1 amide bonds. The Hall–Kier alpha value is -2.11. The molecule has 0 aliphatic rings. The molecule has 0 atom stereocenters. The largest absolute Gasteiger partial charge is 0.329 e. The monoisotopic (exact) mass is 373 g/mol. The lowest BCUT2D eigenvalue weighted by Gasteiger charge is -2.26. The zero-order valence-electron chi connectivity index (χ0n) is 14.2. The van der Waals surface area contributed by atoms with Crippen molar-refractivity contribution in [3.05, 3.63) is 75.5 Å². The normalized spacial score (nSPS) is 11.0. The Bertz CT molecular complexity index is 842. The highest BCUT2D eigenvalue weighted by molar-refractivity contribution is 7.12. The first-order chi connectivity index (χ1) is 12.0. The van der Waals surface area contributed by atoms with Gasteiger partial charge in [0.1, 0.15) is 5.82 Å². The number of rotatable bonds is 6. The van der Waals surface area contributed by atoms with Gasteiger partial charge in [0.25, 0.3) is 5.91 Å². The number of hydrogen-bond acceptors (Lipinski definition) is 3. The fourth-order valence-corrected chi connectivity index (χ4v) is 3.54. The number of imidazole rings is 1. The maximum Gasteiger partial charge on any atom is 0.264 e. The van der Waals surface area contributed by atoms with Crippen molar-refractivity contribution in [2.24, 2.45) is 0 Å². The molecule has 3 rings (SSSR count). The third-order valence-electron chi connectivity index (χ3n) is 3.97. The van der Waals surface area contributed by atoms with Crippen molar-refractivity contribution in [3.63, 3.8) is 0 Å². The van der Waals surface area contributed by atoms with Crippen LogP contribution in [-0.4, -0.2) is 26.4 Å². The molecule has 0 spiro atoms. The smallest absolute Gasteiger partial charge is 0.264 e. The molecule has 0 saturated heterocycles. The van der Waals surface area contributed by atoms with E-state index < -0.39 is 0 Å². The zero-order chi connectivity index (χ0) is 17.8. The number of amides is 1. The summed E-state index contributed by atoms with van der Waals surface area (Å²) in [4.78, 5) is 19.8. The summed E-state index contributed by atoms with van der Waals surface area (Å²) >= 11 is 7.54. The molecule has 3 aromatic rings. The lowest BCUT2D eigenvalue weighted by Crippen LogP contribution is -2.36. The van der Waals surface area contributed by atoms with Crippen molar-refractivity contribution in [2.75, 3.05) is 0 Å². The van der Waals surface area contributed by atoms with Crippen LogP contribution >= 0.6 is 22.9 Å². The van der Waals surface area contributed by atoms with E-state index in [4.69, 9.17) is 11.6 Å². The fourth-order valence-electron chi connectivity index (χ4n) is 2.65. The van der Waals surface area contributed by atoms with Gasteiger partial charge in [-0.25, -0.2) is 4.98 Å². The van der Waals surface area contributed by atoms with E-state index >= 15 is 0 Å². The SMILES string of the molecule is CC(C)N(Cc1nccn1Cc1cccc(Cl)c1)C(=O)c1cccs1. The standard InChI is InChI=1S/C19H20ClN3OS/c1-14(2)23(19(24)17-7-4-10-25-17)13-18-21-8-9-22(18)12-15-5-3-6-16(20)11-15/h3-11,14H,12-13H2,1-2H3. The van der Waals surface area contributed by atoms with E-state index in [0.29, 0.717) is 13.1 Å². The van der Waals surface area contributed by atoms with Gasteiger partial charge in [0, 0.05) is 30.0 Å². The van der Waals surface area contributed by atoms with E-state index in [9.17, 15) is 4.79 Å². The highest BCUT2D eigenvalue weighted by Gasteiger charge is 2.21. The van der Waals surface area contributed by atoms with Crippen molar-refractivity contribution < 1.29 is 4.79 Å². The zero-order valence-corrected chi connectivity index (χ0v) is 15.8. The van der Waals surface area contributed by atoms with Gasteiger partial charge in [0.15, 0.2) is 0 Å². The maximum absolute atomic E-state index is 12.8. The van der Waals surface area contributed by atoms with Gasteiger partial charge in [0.2, 0.25) is 0 Å². The average Bonchev–Trinajstić information content (AvgIpc) is 3.24. The molecule has 0 N–H and O–H groups in total. The first kappa shape index (κ1) is 17.7. The van der Waals surface area contributed by atoms with E-state index in [-0.39, 0.29) is 11.9 Å². The van der Waals surface area contributed by atoms with Gasteiger partial charge in [-0.3, -0.25) is 4.79 Å². The first-order valence-electron chi connectivity index (χ1n) is 8.13. The molecule has 130 valence electrons. The Morgan fingerprint density at radius 2 is 2.16 bits per heavy atom. The second-order valence-corrected chi connectivity index (χ2v) is 7.49. The van der Waals surface area contributed by atoms with Gasteiger partial charge in [-0.15, -0.1) is 11.3 Å². The van der Waals surface area contributed by atoms with Crippen molar-refractivity contribution >= 4 is 28.8 Å². The molecule has 0 unspecified atom stereocenters. The van der Waals surface area contributed by atoms with Crippen LogP contribution in [0.3, 0.4) is 0 Å². The fraction of sp³-hybridized carbons (Fsp3) is 0.263. The van der Waals surface area contributed by atoms with Crippen LogP contribution in [0.5, 0.6) is 0 Å². The van der Waals surface area contributed by atoms with E-state index in [1.165, 1.54) is 11.3 Å². The van der Waals surface area contributed by atoms with E-state index in [1.807, 2.05) is 66.7 Å². The van der Waals surface area contributed by atoms with Crippen LogP contribution in [-0.2, 0) is 13.1 Å². The molecule has 25 heavy (non-hydrogen) atoms.